The van der Waals surface area contributed by atoms with Gasteiger partial charge in [-0.25, -0.2) is 0 Å². The first-order valence-corrected chi connectivity index (χ1v) is 14.5. The Bertz CT molecular complexity index is 1030. The van der Waals surface area contributed by atoms with E-state index in [0.717, 1.165) is 36.6 Å². The topological polar surface area (TPSA) is 42.2 Å². The predicted molar refractivity (Wildman–Crippen MR) is 151 cm³/mol. The molecule has 194 valence electrons. The summed E-state index contributed by atoms with van der Waals surface area (Å²) in [4.78, 5) is 13.9. The van der Waals surface area contributed by atoms with E-state index in [1.807, 2.05) is 42.5 Å². The summed E-state index contributed by atoms with van der Waals surface area (Å²) in [5, 5.41) is 3.03. The number of ether oxygens (including phenoxy) is 1. The molecule has 0 saturated carbocycles. The number of thiazole rings is 1. The Balaban J connectivity index is 1.30. The number of amides is 1. The first kappa shape index (κ1) is 27.9. The van der Waals surface area contributed by atoms with E-state index in [1.54, 1.807) is 11.3 Å². The third kappa shape index (κ3) is 10.9. The first-order chi connectivity index (χ1) is 17.6. The second-order valence-corrected chi connectivity index (χ2v) is 10.8. The van der Waals surface area contributed by atoms with Crippen LogP contribution >= 0.6 is 11.3 Å². The van der Waals surface area contributed by atoms with Crippen LogP contribution in [0.5, 0.6) is 5.75 Å². The molecule has 1 heterocycles. The van der Waals surface area contributed by atoms with Gasteiger partial charge >= 0.3 is 0 Å². The van der Waals surface area contributed by atoms with Crippen molar-refractivity contribution < 1.29 is 14.1 Å². The summed E-state index contributed by atoms with van der Waals surface area (Å²) in [5.74, 6) is 0.870. The Morgan fingerprint density at radius 1 is 0.889 bits per heavy atom. The summed E-state index contributed by atoms with van der Waals surface area (Å²) in [6.45, 7) is 5.93. The van der Waals surface area contributed by atoms with Crippen LogP contribution in [0.25, 0.3) is 0 Å². The Morgan fingerprint density at radius 2 is 1.58 bits per heavy atom. The zero-order valence-electron chi connectivity index (χ0n) is 22.1. The SMILES string of the molecule is CCCCCCCCCCCCOc1ccc(CC(=O)Nc2cccc(C[n+]3csc(C)c3)c2)cc1. The van der Waals surface area contributed by atoms with Crippen LogP contribution in [0.15, 0.2) is 60.2 Å². The van der Waals surface area contributed by atoms with E-state index in [0.29, 0.717) is 6.42 Å². The number of hydrogen-bond donors (Lipinski definition) is 1. The molecule has 0 radical (unpaired) electrons. The summed E-state index contributed by atoms with van der Waals surface area (Å²) >= 11 is 1.74. The minimum absolute atomic E-state index is 0.00906. The lowest BCUT2D eigenvalue weighted by molar-refractivity contribution is -0.683. The van der Waals surface area contributed by atoms with E-state index in [4.69, 9.17) is 4.74 Å². The Labute approximate surface area is 221 Å². The van der Waals surface area contributed by atoms with Gasteiger partial charge in [-0.2, -0.15) is 4.57 Å². The average molecular weight is 508 g/mol. The molecule has 0 aliphatic carbocycles. The van der Waals surface area contributed by atoms with Crippen LogP contribution < -0.4 is 14.6 Å². The quantitative estimate of drug-likeness (QED) is 0.149. The molecule has 1 amide bonds. The van der Waals surface area contributed by atoms with E-state index in [-0.39, 0.29) is 5.91 Å². The molecule has 2 aromatic carbocycles. The molecule has 5 heteroatoms. The van der Waals surface area contributed by atoms with Crippen LogP contribution in [-0.4, -0.2) is 12.5 Å². The minimum Gasteiger partial charge on any atom is -0.494 e. The molecule has 1 N–H and O–H groups in total. The molecule has 1 aromatic heterocycles. The molecule has 0 unspecified atom stereocenters. The third-order valence-electron chi connectivity index (χ3n) is 6.35. The van der Waals surface area contributed by atoms with Gasteiger partial charge in [0.15, 0.2) is 12.7 Å². The molecule has 0 fully saturated rings. The number of nitrogens with zero attached hydrogens (tertiary/aromatic N) is 1. The number of unbranched alkanes of at least 4 members (excludes halogenated alkanes) is 9. The van der Waals surface area contributed by atoms with Crippen LogP contribution in [0.2, 0.25) is 0 Å². The molecule has 0 aliphatic heterocycles. The monoisotopic (exact) mass is 507 g/mol. The molecule has 3 aromatic rings. The van der Waals surface area contributed by atoms with Crippen molar-refractivity contribution in [1.29, 1.82) is 0 Å². The van der Waals surface area contributed by atoms with Crippen LogP contribution in [0.3, 0.4) is 0 Å². The smallest absolute Gasteiger partial charge is 0.228 e. The second-order valence-electron chi connectivity index (χ2n) is 9.74. The Morgan fingerprint density at radius 3 is 2.25 bits per heavy atom. The summed E-state index contributed by atoms with van der Waals surface area (Å²) in [5.41, 5.74) is 5.10. The average Bonchev–Trinajstić information content (AvgIpc) is 3.28. The lowest BCUT2D eigenvalue weighted by Crippen LogP contribution is -2.30. The maximum Gasteiger partial charge on any atom is 0.228 e. The fourth-order valence-electron chi connectivity index (χ4n) is 4.36. The van der Waals surface area contributed by atoms with Gasteiger partial charge in [0.2, 0.25) is 11.4 Å². The molecule has 0 atom stereocenters. The lowest BCUT2D eigenvalue weighted by Gasteiger charge is -2.09. The molecule has 4 nitrogen and oxygen atoms in total. The molecular formula is C31H43N2O2S+. The highest BCUT2D eigenvalue weighted by Gasteiger charge is 2.08. The fraction of sp³-hybridized carbons (Fsp3) is 0.484. The van der Waals surface area contributed by atoms with Gasteiger partial charge in [0.05, 0.1) is 17.9 Å². The summed E-state index contributed by atoms with van der Waals surface area (Å²) in [6, 6.07) is 16.0. The van der Waals surface area contributed by atoms with Crippen LogP contribution in [0.4, 0.5) is 5.69 Å². The second kappa shape index (κ2) is 16.2. The van der Waals surface area contributed by atoms with Gasteiger partial charge in [-0.05, 0) is 43.2 Å². The number of benzene rings is 2. The van der Waals surface area contributed by atoms with Gasteiger partial charge in [-0.3, -0.25) is 4.79 Å². The van der Waals surface area contributed by atoms with E-state index in [9.17, 15) is 4.79 Å². The zero-order chi connectivity index (χ0) is 25.4. The van der Waals surface area contributed by atoms with Gasteiger partial charge in [-0.1, -0.05) is 100 Å². The number of aromatic nitrogens is 1. The van der Waals surface area contributed by atoms with Crippen LogP contribution in [0, 0.1) is 6.92 Å². The Kier molecular flexibility index (Phi) is 12.5. The minimum atomic E-state index is -0.00906. The number of nitrogens with one attached hydrogen (secondary N) is 1. The lowest BCUT2D eigenvalue weighted by atomic mass is 10.1. The molecular weight excluding hydrogens is 464 g/mol. The summed E-state index contributed by atoms with van der Waals surface area (Å²) < 4.78 is 8.06. The summed E-state index contributed by atoms with van der Waals surface area (Å²) in [7, 11) is 0. The maximum absolute atomic E-state index is 12.6. The molecule has 0 spiro atoms. The van der Waals surface area contributed by atoms with Crippen molar-refractivity contribution in [3.63, 3.8) is 0 Å². The highest BCUT2D eigenvalue weighted by Crippen LogP contribution is 2.16. The third-order valence-corrected chi connectivity index (χ3v) is 7.21. The normalized spacial score (nSPS) is 10.9. The van der Waals surface area contributed by atoms with Gasteiger partial charge in [0.1, 0.15) is 5.75 Å². The first-order valence-electron chi connectivity index (χ1n) is 13.7. The zero-order valence-corrected chi connectivity index (χ0v) is 23.0. The van der Waals surface area contributed by atoms with Gasteiger partial charge in [0.25, 0.3) is 0 Å². The number of rotatable bonds is 17. The van der Waals surface area contributed by atoms with Crippen molar-refractivity contribution in [2.75, 3.05) is 11.9 Å². The van der Waals surface area contributed by atoms with Crippen molar-refractivity contribution in [3.8, 4) is 5.75 Å². The largest absolute Gasteiger partial charge is 0.494 e. The van der Waals surface area contributed by atoms with E-state index in [1.165, 1.54) is 68.2 Å². The maximum atomic E-state index is 12.6. The summed E-state index contributed by atoms with van der Waals surface area (Å²) in [6.07, 6.45) is 15.7. The van der Waals surface area contributed by atoms with E-state index in [2.05, 4.69) is 41.5 Å². The van der Waals surface area contributed by atoms with Gasteiger partial charge in [-0.15, -0.1) is 0 Å². The number of hydrogen-bond acceptors (Lipinski definition) is 3. The van der Waals surface area contributed by atoms with Crippen molar-refractivity contribution >= 4 is 22.9 Å². The molecule has 0 bridgehead atoms. The van der Waals surface area contributed by atoms with E-state index >= 15 is 0 Å². The number of aryl methyl sites for hydroxylation is 1. The molecule has 36 heavy (non-hydrogen) atoms. The van der Waals surface area contributed by atoms with Crippen molar-refractivity contribution in [2.45, 2.75) is 91.0 Å². The van der Waals surface area contributed by atoms with Gasteiger partial charge in [0, 0.05) is 11.3 Å². The fourth-order valence-corrected chi connectivity index (χ4v) is 4.99. The number of carbonyl (C=O) groups excluding carboxylic acids is 1. The van der Waals surface area contributed by atoms with Gasteiger partial charge < -0.3 is 10.1 Å². The Hall–Kier alpha value is -2.66. The molecule has 3 rings (SSSR count). The number of anilines is 1. The van der Waals surface area contributed by atoms with Crippen LogP contribution in [-0.2, 0) is 17.8 Å². The number of carbonyl (C=O) groups is 1. The predicted octanol–water partition coefficient (Wildman–Crippen LogP) is 7.87. The molecule has 0 aliphatic rings. The van der Waals surface area contributed by atoms with E-state index < -0.39 is 0 Å². The molecule has 0 saturated heterocycles. The highest BCUT2D eigenvalue weighted by atomic mass is 32.1. The van der Waals surface area contributed by atoms with Crippen molar-refractivity contribution in [3.05, 3.63) is 76.2 Å². The van der Waals surface area contributed by atoms with Crippen molar-refractivity contribution in [2.24, 2.45) is 0 Å². The van der Waals surface area contributed by atoms with Crippen molar-refractivity contribution in [1.82, 2.24) is 0 Å². The highest BCUT2D eigenvalue weighted by molar-refractivity contribution is 7.09. The van der Waals surface area contributed by atoms with Crippen LogP contribution in [0.1, 0.15) is 87.1 Å². The standard InChI is InChI=1S/C31H42N2O2S/c1-3-4-5-6-7-8-9-10-11-12-20-35-30-18-16-27(17-19-30)22-31(34)32-29-15-13-14-28(21-29)24-33-23-26(2)36-25-33/h13-19,21,23,25H,3-12,20,22,24H2,1-2H3/p+1.